The van der Waals surface area contributed by atoms with Crippen molar-refractivity contribution < 1.29 is 9.47 Å². The van der Waals surface area contributed by atoms with Gasteiger partial charge >= 0.3 is 0 Å². The molecule has 1 saturated heterocycles. The van der Waals surface area contributed by atoms with Gasteiger partial charge in [0.25, 0.3) is 0 Å². The zero-order valence-electron chi connectivity index (χ0n) is 19.0. The fourth-order valence-corrected chi connectivity index (χ4v) is 3.61. The minimum Gasteiger partial charge on any atom is -0.497 e. The zero-order chi connectivity index (χ0) is 21.5. The normalized spacial score (nSPS) is 15.8. The van der Waals surface area contributed by atoms with Crippen LogP contribution in [0, 0.1) is 0 Å². The third-order valence-electron chi connectivity index (χ3n) is 5.34. The van der Waals surface area contributed by atoms with Crippen LogP contribution in [0.4, 0.5) is 11.4 Å². The summed E-state index contributed by atoms with van der Waals surface area (Å²) in [6.07, 6.45) is 1.04. The van der Waals surface area contributed by atoms with Crippen LogP contribution in [-0.2, 0) is 6.54 Å². The molecule has 0 bridgehead atoms. The minimum atomic E-state index is 0. The van der Waals surface area contributed by atoms with Crippen molar-refractivity contribution in [2.24, 2.45) is 4.99 Å². The van der Waals surface area contributed by atoms with E-state index in [1.54, 1.807) is 14.2 Å². The third kappa shape index (κ3) is 6.81. The number of aliphatic imine (C=N–C) groups is 1. The Balaban J connectivity index is 0.00000341. The molecule has 2 aromatic rings. The molecular formula is C23H34IN5O2. The van der Waals surface area contributed by atoms with E-state index >= 15 is 0 Å². The molecule has 7 nitrogen and oxygen atoms in total. The van der Waals surface area contributed by atoms with Gasteiger partial charge in [-0.05, 0) is 24.1 Å². The fraction of sp³-hybridized carbons (Fsp3) is 0.435. The molecule has 0 saturated carbocycles. The lowest BCUT2D eigenvalue weighted by Crippen LogP contribution is -2.44. The Bertz CT molecular complexity index is 853. The Morgan fingerprint density at radius 2 is 1.84 bits per heavy atom. The van der Waals surface area contributed by atoms with Crippen molar-refractivity contribution in [1.82, 2.24) is 10.6 Å². The van der Waals surface area contributed by atoms with E-state index in [1.807, 2.05) is 13.1 Å². The van der Waals surface area contributed by atoms with Crippen LogP contribution < -0.4 is 29.9 Å². The molecule has 8 heteroatoms. The molecule has 1 heterocycles. The molecule has 0 radical (unpaired) electrons. The van der Waals surface area contributed by atoms with Crippen LogP contribution >= 0.6 is 24.0 Å². The number of anilines is 2. The van der Waals surface area contributed by atoms with Crippen LogP contribution in [0.15, 0.2) is 47.5 Å². The van der Waals surface area contributed by atoms with Crippen LogP contribution in [0.3, 0.4) is 0 Å². The largest absolute Gasteiger partial charge is 0.497 e. The van der Waals surface area contributed by atoms with E-state index in [4.69, 9.17) is 9.47 Å². The number of ether oxygens (including phenoxy) is 2. The lowest BCUT2D eigenvalue weighted by atomic mass is 10.2. The standard InChI is InChI=1S/C23H33N5O2.HI/c1-24-23(25-15-17-7-6-8-19(11-17)27(2)3)26-18-9-10-28(16-18)20-12-21(29-4)14-22(13-20)30-5;/h6-8,11-14,18H,9-10,15-16H2,1-5H3,(H2,24,25,26);1H. The Morgan fingerprint density at radius 3 is 2.45 bits per heavy atom. The summed E-state index contributed by atoms with van der Waals surface area (Å²) >= 11 is 0. The summed E-state index contributed by atoms with van der Waals surface area (Å²) in [5.74, 6) is 2.43. The predicted molar refractivity (Wildman–Crippen MR) is 140 cm³/mol. The average molecular weight is 539 g/mol. The van der Waals surface area contributed by atoms with Crippen molar-refractivity contribution in [1.29, 1.82) is 0 Å². The Hall–Kier alpha value is -2.36. The molecule has 0 spiro atoms. The summed E-state index contributed by atoms with van der Waals surface area (Å²) in [6.45, 7) is 2.59. The summed E-state index contributed by atoms with van der Waals surface area (Å²) in [6, 6.07) is 14.8. The van der Waals surface area contributed by atoms with E-state index in [1.165, 1.54) is 11.3 Å². The number of rotatable bonds is 7. The number of nitrogens with one attached hydrogen (secondary N) is 2. The smallest absolute Gasteiger partial charge is 0.191 e. The topological polar surface area (TPSA) is 61.4 Å². The molecule has 1 unspecified atom stereocenters. The summed E-state index contributed by atoms with van der Waals surface area (Å²) in [4.78, 5) is 8.85. The molecule has 0 aromatic heterocycles. The van der Waals surface area contributed by atoms with Gasteiger partial charge in [-0.15, -0.1) is 24.0 Å². The first-order valence-corrected chi connectivity index (χ1v) is 10.2. The maximum Gasteiger partial charge on any atom is 0.191 e. The number of hydrogen-bond acceptors (Lipinski definition) is 5. The van der Waals surface area contributed by atoms with E-state index in [9.17, 15) is 0 Å². The summed E-state index contributed by atoms with van der Waals surface area (Å²) in [7, 11) is 9.27. The molecule has 2 N–H and O–H groups in total. The van der Waals surface area contributed by atoms with E-state index in [0.717, 1.165) is 49.2 Å². The minimum absolute atomic E-state index is 0. The number of nitrogens with zero attached hydrogens (tertiary/aromatic N) is 3. The van der Waals surface area contributed by atoms with Crippen LogP contribution in [0.5, 0.6) is 11.5 Å². The van der Waals surface area contributed by atoms with E-state index in [-0.39, 0.29) is 24.0 Å². The number of hydrogen-bond donors (Lipinski definition) is 2. The van der Waals surface area contributed by atoms with Gasteiger partial charge in [0, 0.05) is 76.4 Å². The third-order valence-corrected chi connectivity index (χ3v) is 5.34. The Labute approximate surface area is 202 Å². The number of guanidine groups is 1. The molecule has 1 aliphatic rings. The van der Waals surface area contributed by atoms with Gasteiger partial charge in [0.2, 0.25) is 0 Å². The highest BCUT2D eigenvalue weighted by Crippen LogP contribution is 2.30. The number of methoxy groups -OCH3 is 2. The maximum absolute atomic E-state index is 5.41. The van der Waals surface area contributed by atoms with Crippen molar-refractivity contribution in [3.05, 3.63) is 48.0 Å². The van der Waals surface area contributed by atoms with Crippen LogP contribution in [0.25, 0.3) is 0 Å². The number of benzene rings is 2. The Morgan fingerprint density at radius 1 is 1.13 bits per heavy atom. The molecule has 2 aromatic carbocycles. The molecule has 3 rings (SSSR count). The summed E-state index contributed by atoms with van der Waals surface area (Å²) < 4.78 is 10.8. The van der Waals surface area contributed by atoms with Crippen LogP contribution in [-0.4, -0.2) is 60.5 Å². The summed E-state index contributed by atoms with van der Waals surface area (Å²) in [5.41, 5.74) is 3.53. The highest BCUT2D eigenvalue weighted by molar-refractivity contribution is 14.0. The van der Waals surface area contributed by atoms with Crippen molar-refractivity contribution >= 4 is 41.3 Å². The average Bonchev–Trinajstić information content (AvgIpc) is 3.25. The second-order valence-electron chi connectivity index (χ2n) is 7.64. The first kappa shape index (κ1) is 24.9. The molecule has 0 amide bonds. The second kappa shape index (κ2) is 11.9. The molecule has 0 aliphatic carbocycles. The quantitative estimate of drug-likeness (QED) is 0.320. The first-order chi connectivity index (χ1) is 14.5. The van der Waals surface area contributed by atoms with Crippen LogP contribution in [0.1, 0.15) is 12.0 Å². The van der Waals surface area contributed by atoms with Crippen molar-refractivity contribution in [3.8, 4) is 11.5 Å². The highest BCUT2D eigenvalue weighted by atomic mass is 127. The number of halogens is 1. The molecule has 1 aliphatic heterocycles. The molecule has 1 atom stereocenters. The van der Waals surface area contributed by atoms with Crippen molar-refractivity contribution in [3.63, 3.8) is 0 Å². The van der Waals surface area contributed by atoms with E-state index < -0.39 is 0 Å². The first-order valence-electron chi connectivity index (χ1n) is 10.2. The van der Waals surface area contributed by atoms with Gasteiger partial charge < -0.3 is 29.9 Å². The van der Waals surface area contributed by atoms with Crippen molar-refractivity contribution in [2.45, 2.75) is 19.0 Å². The molecule has 1 fully saturated rings. The predicted octanol–water partition coefficient (Wildman–Crippen LogP) is 3.33. The van der Waals surface area contributed by atoms with Crippen LogP contribution in [0.2, 0.25) is 0 Å². The van der Waals surface area contributed by atoms with Gasteiger partial charge in [0.15, 0.2) is 5.96 Å². The second-order valence-corrected chi connectivity index (χ2v) is 7.64. The van der Waals surface area contributed by atoms with Gasteiger partial charge in [-0.2, -0.15) is 0 Å². The van der Waals surface area contributed by atoms with Gasteiger partial charge in [-0.3, -0.25) is 4.99 Å². The lowest BCUT2D eigenvalue weighted by Gasteiger charge is -2.21. The van der Waals surface area contributed by atoms with E-state index in [2.05, 4.69) is 75.9 Å². The molecule has 170 valence electrons. The van der Waals surface area contributed by atoms with Gasteiger partial charge in [0.05, 0.1) is 14.2 Å². The van der Waals surface area contributed by atoms with Gasteiger partial charge in [-0.1, -0.05) is 12.1 Å². The molecular weight excluding hydrogens is 505 g/mol. The lowest BCUT2D eigenvalue weighted by molar-refractivity contribution is 0.394. The van der Waals surface area contributed by atoms with Crippen molar-refractivity contribution in [2.75, 3.05) is 58.3 Å². The van der Waals surface area contributed by atoms with E-state index in [0.29, 0.717) is 6.04 Å². The highest BCUT2D eigenvalue weighted by Gasteiger charge is 2.24. The molecule has 31 heavy (non-hydrogen) atoms. The van der Waals surface area contributed by atoms with Gasteiger partial charge in [-0.25, -0.2) is 0 Å². The zero-order valence-corrected chi connectivity index (χ0v) is 21.3. The van der Waals surface area contributed by atoms with Gasteiger partial charge in [0.1, 0.15) is 11.5 Å². The summed E-state index contributed by atoms with van der Waals surface area (Å²) in [5, 5.41) is 6.99. The monoisotopic (exact) mass is 539 g/mol. The SMILES string of the molecule is CN=C(NCc1cccc(N(C)C)c1)NC1CCN(c2cc(OC)cc(OC)c2)C1.I. The maximum atomic E-state index is 5.41. The fourth-order valence-electron chi connectivity index (χ4n) is 3.61. The Kier molecular flexibility index (Phi) is 9.54.